The second kappa shape index (κ2) is 10.5. The van der Waals surface area contributed by atoms with Gasteiger partial charge in [-0.15, -0.1) is 22.7 Å². The number of anilines is 1. The summed E-state index contributed by atoms with van der Waals surface area (Å²) >= 11 is 3.11. The standard InChI is InChI=1S/C28H30FN5O3S3/c1-17-31-15-23(38-17)27-32-24(21-7-4-19(29)14-22(21)26(35)33-28(16-30)8-9-28)25(39-27)18-2-5-20(6-3-18)34-10-12-40(36,37)13-11-34/h2-3,5-6,15,19,21-22H,4,7-14H2,1H3,(H,33,35)/t19-,21+,22+/m0/s1. The van der Waals surface area contributed by atoms with E-state index in [2.05, 4.69) is 21.3 Å². The van der Waals surface area contributed by atoms with Gasteiger partial charge in [0.05, 0.1) is 38.0 Å². The predicted molar refractivity (Wildman–Crippen MR) is 155 cm³/mol. The van der Waals surface area contributed by atoms with E-state index in [1.54, 1.807) is 22.7 Å². The van der Waals surface area contributed by atoms with Crippen LogP contribution in [0.25, 0.3) is 20.3 Å². The zero-order valence-corrected chi connectivity index (χ0v) is 24.5. The number of halogens is 1. The summed E-state index contributed by atoms with van der Waals surface area (Å²) in [6.45, 7) is 2.88. The van der Waals surface area contributed by atoms with Gasteiger partial charge in [0, 0.05) is 36.8 Å². The van der Waals surface area contributed by atoms with Crippen LogP contribution in [0.3, 0.4) is 0 Å². The maximum Gasteiger partial charge on any atom is 0.225 e. The molecule has 1 aromatic carbocycles. The van der Waals surface area contributed by atoms with Crippen molar-refractivity contribution in [2.75, 3.05) is 29.5 Å². The summed E-state index contributed by atoms with van der Waals surface area (Å²) in [5.41, 5.74) is 1.89. The number of sulfone groups is 1. The van der Waals surface area contributed by atoms with Crippen molar-refractivity contribution in [2.45, 2.75) is 56.7 Å². The first kappa shape index (κ1) is 27.3. The van der Waals surface area contributed by atoms with E-state index >= 15 is 0 Å². The van der Waals surface area contributed by atoms with Gasteiger partial charge < -0.3 is 10.2 Å². The van der Waals surface area contributed by atoms with Gasteiger partial charge in [0.25, 0.3) is 0 Å². The summed E-state index contributed by atoms with van der Waals surface area (Å²) in [5, 5.41) is 14.2. The summed E-state index contributed by atoms with van der Waals surface area (Å²) in [5.74, 6) is -0.849. The molecule has 3 heterocycles. The van der Waals surface area contributed by atoms with Crippen molar-refractivity contribution in [2.24, 2.45) is 5.92 Å². The first-order chi connectivity index (χ1) is 19.2. The lowest BCUT2D eigenvalue weighted by Crippen LogP contribution is -2.44. The quantitative estimate of drug-likeness (QED) is 0.430. The maximum absolute atomic E-state index is 14.7. The van der Waals surface area contributed by atoms with Gasteiger partial charge in [-0.3, -0.25) is 4.79 Å². The number of carbonyl (C=O) groups excluding carboxylic acids is 1. The fourth-order valence-electron chi connectivity index (χ4n) is 5.60. The van der Waals surface area contributed by atoms with Crippen molar-refractivity contribution in [1.82, 2.24) is 15.3 Å². The number of rotatable bonds is 6. The molecule has 1 aliphatic heterocycles. The van der Waals surface area contributed by atoms with Crippen LogP contribution in [0.5, 0.6) is 0 Å². The highest BCUT2D eigenvalue weighted by atomic mass is 32.2. The SMILES string of the molecule is Cc1ncc(-c2nc([C@@H]3CC[C@H](F)C[C@H]3C(=O)NC3(C#N)CC3)c(-c3ccc(N4CCS(=O)(=O)CC4)cc3)s2)s1. The topological polar surface area (TPSA) is 116 Å². The second-order valence-corrected chi connectivity index (χ2v) is 15.5. The number of nitrogens with zero attached hydrogens (tertiary/aromatic N) is 4. The van der Waals surface area contributed by atoms with Crippen LogP contribution in [0.15, 0.2) is 30.5 Å². The molecule has 3 atom stereocenters. The first-order valence-corrected chi connectivity index (χ1v) is 17.0. The Hall–Kier alpha value is -2.88. The van der Waals surface area contributed by atoms with Gasteiger partial charge in [-0.05, 0) is 56.7 Å². The van der Waals surface area contributed by atoms with Gasteiger partial charge in [0.1, 0.15) is 16.7 Å². The van der Waals surface area contributed by atoms with Crippen LogP contribution in [0.2, 0.25) is 0 Å². The van der Waals surface area contributed by atoms with Crippen molar-refractivity contribution in [3.63, 3.8) is 0 Å². The van der Waals surface area contributed by atoms with Gasteiger partial charge in [0.2, 0.25) is 5.91 Å². The van der Waals surface area contributed by atoms with Crippen molar-refractivity contribution < 1.29 is 17.6 Å². The average Bonchev–Trinajstić information content (AvgIpc) is 3.35. The zero-order chi connectivity index (χ0) is 28.1. The van der Waals surface area contributed by atoms with Crippen molar-refractivity contribution in [3.8, 4) is 26.4 Å². The Morgan fingerprint density at radius 2 is 1.90 bits per heavy atom. The van der Waals surface area contributed by atoms with Crippen LogP contribution in [0, 0.1) is 24.2 Å². The number of amides is 1. The lowest BCUT2D eigenvalue weighted by Gasteiger charge is -2.32. The molecule has 0 unspecified atom stereocenters. The minimum atomic E-state index is -2.97. The number of hydrogen-bond acceptors (Lipinski definition) is 9. The van der Waals surface area contributed by atoms with E-state index in [0.29, 0.717) is 38.8 Å². The molecule has 2 aromatic heterocycles. The normalized spacial score (nSPS) is 25.2. The molecule has 1 N–H and O–H groups in total. The highest BCUT2D eigenvalue weighted by Gasteiger charge is 2.48. The largest absolute Gasteiger partial charge is 0.369 e. The van der Waals surface area contributed by atoms with Gasteiger partial charge in [-0.25, -0.2) is 22.8 Å². The van der Waals surface area contributed by atoms with Crippen molar-refractivity contribution >= 4 is 44.1 Å². The number of thiazole rings is 2. The van der Waals surface area contributed by atoms with Gasteiger partial charge in [0.15, 0.2) is 9.84 Å². The summed E-state index contributed by atoms with van der Waals surface area (Å²) in [6.07, 6.45) is 2.96. The van der Waals surface area contributed by atoms with Crippen LogP contribution in [0.1, 0.15) is 48.7 Å². The van der Waals surface area contributed by atoms with Crippen molar-refractivity contribution in [1.29, 1.82) is 5.26 Å². The Bertz CT molecular complexity index is 1560. The molecular formula is C28H30FN5O3S3. The maximum atomic E-state index is 14.7. The average molecular weight is 600 g/mol. The smallest absolute Gasteiger partial charge is 0.225 e. The number of benzene rings is 1. The summed E-state index contributed by atoms with van der Waals surface area (Å²) in [7, 11) is -2.97. The summed E-state index contributed by atoms with van der Waals surface area (Å²) < 4.78 is 38.4. The van der Waals surface area contributed by atoms with Crippen molar-refractivity contribution in [3.05, 3.63) is 41.2 Å². The van der Waals surface area contributed by atoms with Gasteiger partial charge in [-0.2, -0.15) is 5.26 Å². The Balaban J connectivity index is 1.35. The molecule has 3 aliphatic rings. The minimum Gasteiger partial charge on any atom is -0.369 e. The second-order valence-electron chi connectivity index (χ2n) is 11.0. The number of aromatic nitrogens is 2. The lowest BCUT2D eigenvalue weighted by molar-refractivity contribution is -0.128. The van der Waals surface area contributed by atoms with Crippen LogP contribution >= 0.6 is 22.7 Å². The molecule has 1 amide bonds. The molecular weight excluding hydrogens is 570 g/mol. The van der Waals surface area contributed by atoms with E-state index in [1.165, 1.54) is 0 Å². The highest BCUT2D eigenvalue weighted by molar-refractivity contribution is 7.91. The fourth-order valence-corrected chi connectivity index (χ4v) is 8.76. The summed E-state index contributed by atoms with van der Waals surface area (Å²) in [4.78, 5) is 26.8. The molecule has 6 rings (SSSR count). The van der Waals surface area contributed by atoms with E-state index in [4.69, 9.17) is 4.98 Å². The van der Waals surface area contributed by atoms with Crippen LogP contribution < -0.4 is 10.2 Å². The molecule has 1 saturated heterocycles. The molecule has 2 aliphatic carbocycles. The Morgan fingerprint density at radius 1 is 1.18 bits per heavy atom. The highest BCUT2D eigenvalue weighted by Crippen LogP contribution is 2.47. The Kier molecular flexibility index (Phi) is 7.17. The predicted octanol–water partition coefficient (Wildman–Crippen LogP) is 4.87. The van der Waals surface area contributed by atoms with Crippen LogP contribution in [0.4, 0.5) is 10.1 Å². The number of nitrogens with one attached hydrogen (secondary N) is 1. The minimum absolute atomic E-state index is 0.112. The van der Waals surface area contributed by atoms with Gasteiger partial charge >= 0.3 is 0 Å². The number of nitriles is 1. The van der Waals surface area contributed by atoms with Crippen LogP contribution in [-0.4, -0.2) is 60.6 Å². The number of carbonyl (C=O) groups is 1. The molecule has 3 aromatic rings. The van der Waals surface area contributed by atoms with E-state index < -0.39 is 27.5 Å². The molecule has 0 spiro atoms. The Labute approximate surface area is 241 Å². The van der Waals surface area contributed by atoms with E-state index in [9.17, 15) is 22.9 Å². The third-order valence-electron chi connectivity index (χ3n) is 8.13. The van der Waals surface area contributed by atoms with E-state index in [0.717, 1.165) is 36.7 Å². The monoisotopic (exact) mass is 599 g/mol. The molecule has 3 fully saturated rings. The Morgan fingerprint density at radius 3 is 2.52 bits per heavy atom. The molecule has 2 saturated carbocycles. The first-order valence-electron chi connectivity index (χ1n) is 13.5. The molecule has 0 bridgehead atoms. The zero-order valence-electron chi connectivity index (χ0n) is 22.1. The molecule has 12 heteroatoms. The fraction of sp³-hybridized carbons (Fsp3) is 0.500. The van der Waals surface area contributed by atoms with Crippen LogP contribution in [-0.2, 0) is 14.6 Å². The van der Waals surface area contributed by atoms with E-state index in [-0.39, 0.29) is 29.8 Å². The number of aryl methyl sites for hydroxylation is 1. The lowest BCUT2D eigenvalue weighted by atomic mass is 9.75. The summed E-state index contributed by atoms with van der Waals surface area (Å²) in [6, 6.07) is 10.2. The van der Waals surface area contributed by atoms with E-state index in [1.807, 2.05) is 37.4 Å². The molecule has 210 valence electrons. The molecule has 8 nitrogen and oxygen atoms in total. The third kappa shape index (κ3) is 5.51. The molecule has 40 heavy (non-hydrogen) atoms. The third-order valence-corrected chi connectivity index (χ3v) is 11.9. The molecule has 0 radical (unpaired) electrons. The number of alkyl halides is 1. The number of hydrogen-bond donors (Lipinski definition) is 1. The van der Waals surface area contributed by atoms with Gasteiger partial charge in [-0.1, -0.05) is 12.1 Å².